The number of rotatable bonds is 4. The van der Waals surface area contributed by atoms with Crippen LogP contribution < -0.4 is 22.3 Å². The zero-order valence-electron chi connectivity index (χ0n) is 17.1. The Morgan fingerprint density at radius 1 is 1.10 bits per heavy atom. The quantitative estimate of drug-likeness (QED) is 0.438. The first-order chi connectivity index (χ1) is 14.9. The van der Waals surface area contributed by atoms with Crippen LogP contribution >= 0.6 is 0 Å². The zero-order chi connectivity index (χ0) is 22.1. The highest BCUT2D eigenvalue weighted by Gasteiger charge is 2.20. The van der Waals surface area contributed by atoms with Crippen molar-refractivity contribution in [1.82, 2.24) is 14.5 Å². The summed E-state index contributed by atoms with van der Waals surface area (Å²) >= 11 is 0. The molecule has 0 unspecified atom stereocenters. The van der Waals surface area contributed by atoms with Crippen LogP contribution in [-0.4, -0.2) is 14.5 Å². The molecule has 154 valence electrons. The molecule has 2 aromatic carbocycles. The summed E-state index contributed by atoms with van der Waals surface area (Å²) in [4.78, 5) is 25.0. The van der Waals surface area contributed by atoms with E-state index in [1.54, 1.807) is 4.57 Å². The molecule has 4 aromatic rings. The molecule has 0 amide bonds. The van der Waals surface area contributed by atoms with E-state index in [1.807, 2.05) is 68.4 Å². The number of para-hydroxylation sites is 1. The van der Waals surface area contributed by atoms with Gasteiger partial charge in [0.05, 0.1) is 18.0 Å². The summed E-state index contributed by atoms with van der Waals surface area (Å²) in [5.74, 6) is 0.199. The molecular formula is C23H21N7O. The van der Waals surface area contributed by atoms with Gasteiger partial charge < -0.3 is 16.8 Å². The fourth-order valence-electron chi connectivity index (χ4n) is 3.70. The molecule has 5 N–H and O–H groups in total. The molecule has 8 nitrogen and oxygen atoms in total. The summed E-state index contributed by atoms with van der Waals surface area (Å²) in [7, 11) is 0. The molecule has 0 aliphatic carbocycles. The summed E-state index contributed by atoms with van der Waals surface area (Å²) in [6.07, 6.45) is 0. The molecule has 2 aromatic heterocycles. The van der Waals surface area contributed by atoms with Gasteiger partial charge in [-0.1, -0.05) is 36.4 Å². The molecule has 2 heterocycles. The van der Waals surface area contributed by atoms with Crippen molar-refractivity contribution in [2.24, 2.45) is 0 Å². The van der Waals surface area contributed by atoms with E-state index in [2.05, 4.69) is 20.1 Å². The van der Waals surface area contributed by atoms with Gasteiger partial charge in [0.2, 0.25) is 5.95 Å². The van der Waals surface area contributed by atoms with Crippen molar-refractivity contribution in [2.45, 2.75) is 19.9 Å². The number of pyridine rings is 1. The van der Waals surface area contributed by atoms with Gasteiger partial charge in [-0.3, -0.25) is 9.36 Å². The lowest BCUT2D eigenvalue weighted by atomic mass is 10.0. The van der Waals surface area contributed by atoms with Gasteiger partial charge in [-0.05, 0) is 43.0 Å². The van der Waals surface area contributed by atoms with Crippen molar-refractivity contribution in [2.75, 3.05) is 16.8 Å². The summed E-state index contributed by atoms with van der Waals surface area (Å²) in [6, 6.07) is 16.8. The Hall–Kier alpha value is -4.38. The normalized spacial score (nSPS) is 11.8. The molecule has 0 spiro atoms. The van der Waals surface area contributed by atoms with Gasteiger partial charge in [0.25, 0.3) is 11.2 Å². The minimum absolute atomic E-state index is 0.00628. The first-order valence-corrected chi connectivity index (χ1v) is 9.68. The van der Waals surface area contributed by atoms with Crippen molar-refractivity contribution in [3.8, 4) is 5.69 Å². The second-order valence-corrected chi connectivity index (χ2v) is 7.23. The van der Waals surface area contributed by atoms with E-state index in [1.165, 1.54) is 0 Å². The van der Waals surface area contributed by atoms with Crippen molar-refractivity contribution in [3.63, 3.8) is 0 Å². The summed E-state index contributed by atoms with van der Waals surface area (Å²) in [5.41, 5.74) is 13.9. The molecule has 0 aliphatic heterocycles. The lowest BCUT2D eigenvalue weighted by Crippen LogP contribution is -2.26. The number of anilines is 3. The SMILES string of the molecule is [C-]#[N+]c1c(N)nc(N)nc1N[C@@H](C)c1cc2cccc(C)c2c(=O)n1-c1ccccc1. The predicted molar refractivity (Wildman–Crippen MR) is 123 cm³/mol. The van der Waals surface area contributed by atoms with Crippen LogP contribution in [0.3, 0.4) is 0 Å². The minimum Gasteiger partial charge on any atom is -0.392 e. The smallest absolute Gasteiger partial charge is 0.268 e. The first-order valence-electron chi connectivity index (χ1n) is 9.68. The molecule has 0 bridgehead atoms. The molecule has 8 heteroatoms. The maximum absolute atomic E-state index is 13.6. The van der Waals surface area contributed by atoms with E-state index in [-0.39, 0.29) is 28.8 Å². The number of benzene rings is 2. The Morgan fingerprint density at radius 2 is 1.84 bits per heavy atom. The van der Waals surface area contributed by atoms with E-state index in [0.29, 0.717) is 11.1 Å². The third-order valence-electron chi connectivity index (χ3n) is 5.13. The third kappa shape index (κ3) is 3.53. The van der Waals surface area contributed by atoms with Gasteiger partial charge in [0, 0.05) is 11.4 Å². The van der Waals surface area contributed by atoms with Crippen molar-refractivity contribution < 1.29 is 0 Å². The number of nitrogens with zero attached hydrogens (tertiary/aromatic N) is 4. The molecule has 1 atom stereocenters. The number of aryl methyl sites for hydroxylation is 1. The number of nitrogen functional groups attached to an aromatic ring is 2. The standard InChI is InChI=1S/C23H21N7O/c1-13-8-7-9-15-12-17(30(22(31)18(13)15)16-10-5-4-6-11-16)14(2)27-21-19(26-3)20(24)28-23(25)29-21/h4-12,14H,1-2H3,(H5,24,25,27,28,29)/t14-/m0/s1. The fraction of sp³-hybridized carbons (Fsp3) is 0.130. The van der Waals surface area contributed by atoms with Gasteiger partial charge in [-0.15, -0.1) is 0 Å². The van der Waals surface area contributed by atoms with Crippen molar-refractivity contribution >= 4 is 34.0 Å². The van der Waals surface area contributed by atoms with Crippen LogP contribution in [0, 0.1) is 13.5 Å². The predicted octanol–water partition coefficient (Wildman–Crippen LogP) is 3.98. The number of hydrogen-bond donors (Lipinski definition) is 3. The highest BCUT2D eigenvalue weighted by molar-refractivity contribution is 5.86. The Balaban J connectivity index is 1.94. The minimum atomic E-state index is -0.396. The van der Waals surface area contributed by atoms with Crippen molar-refractivity contribution in [1.29, 1.82) is 0 Å². The van der Waals surface area contributed by atoms with Crippen LogP contribution in [0.5, 0.6) is 0 Å². The lowest BCUT2D eigenvalue weighted by Gasteiger charge is -2.22. The Bertz CT molecular complexity index is 1390. The molecular weight excluding hydrogens is 390 g/mol. The molecule has 0 aliphatic rings. The van der Waals surface area contributed by atoms with Gasteiger partial charge in [-0.25, -0.2) is 14.8 Å². The first kappa shape index (κ1) is 19.9. The second kappa shape index (κ2) is 7.80. The molecule has 0 fully saturated rings. The second-order valence-electron chi connectivity index (χ2n) is 7.23. The van der Waals surface area contributed by atoms with E-state index >= 15 is 0 Å². The fourth-order valence-corrected chi connectivity index (χ4v) is 3.70. The summed E-state index contributed by atoms with van der Waals surface area (Å²) < 4.78 is 1.68. The summed E-state index contributed by atoms with van der Waals surface area (Å²) in [5, 5.41) is 4.70. The highest BCUT2D eigenvalue weighted by atomic mass is 16.1. The number of nitrogens with one attached hydrogen (secondary N) is 1. The molecule has 31 heavy (non-hydrogen) atoms. The van der Waals surface area contributed by atoms with Gasteiger partial charge >= 0.3 is 0 Å². The maximum Gasteiger partial charge on any atom is 0.268 e. The molecule has 0 saturated heterocycles. The highest BCUT2D eigenvalue weighted by Crippen LogP contribution is 2.32. The number of hydrogen-bond acceptors (Lipinski definition) is 6. The Labute approximate surface area is 179 Å². The van der Waals surface area contributed by atoms with Gasteiger partial charge in [-0.2, -0.15) is 0 Å². The Kier molecular flexibility index (Phi) is 5.01. The van der Waals surface area contributed by atoms with E-state index in [9.17, 15) is 4.79 Å². The van der Waals surface area contributed by atoms with Crippen molar-refractivity contribution in [3.05, 3.63) is 87.6 Å². The lowest BCUT2D eigenvalue weighted by molar-refractivity contribution is 0.773. The largest absolute Gasteiger partial charge is 0.392 e. The topological polar surface area (TPSA) is 116 Å². The third-order valence-corrected chi connectivity index (χ3v) is 5.13. The number of fused-ring (bicyclic) bond motifs is 1. The van der Waals surface area contributed by atoms with Crippen LogP contribution in [0.15, 0.2) is 59.4 Å². The van der Waals surface area contributed by atoms with Crippen LogP contribution in [-0.2, 0) is 0 Å². The number of aromatic nitrogens is 3. The van der Waals surface area contributed by atoms with Crippen LogP contribution in [0.25, 0.3) is 21.3 Å². The van der Waals surface area contributed by atoms with Crippen LogP contribution in [0.4, 0.5) is 23.3 Å². The van der Waals surface area contributed by atoms with Gasteiger partial charge in [0.1, 0.15) is 11.6 Å². The average molecular weight is 411 g/mol. The summed E-state index contributed by atoms with van der Waals surface area (Å²) in [6.45, 7) is 11.2. The van der Waals surface area contributed by atoms with Crippen LogP contribution in [0.1, 0.15) is 24.2 Å². The molecule has 4 rings (SSSR count). The number of nitrogens with two attached hydrogens (primary N) is 2. The van der Waals surface area contributed by atoms with Gasteiger partial charge in [0.15, 0.2) is 0 Å². The van der Waals surface area contributed by atoms with E-state index < -0.39 is 6.04 Å². The van der Waals surface area contributed by atoms with Crippen LogP contribution in [0.2, 0.25) is 0 Å². The molecule has 0 saturated carbocycles. The van der Waals surface area contributed by atoms with E-state index in [0.717, 1.165) is 16.6 Å². The zero-order valence-corrected chi connectivity index (χ0v) is 17.1. The Morgan fingerprint density at radius 3 is 2.55 bits per heavy atom. The van der Waals surface area contributed by atoms with E-state index in [4.69, 9.17) is 18.0 Å². The molecule has 0 radical (unpaired) electrons. The average Bonchev–Trinajstić information content (AvgIpc) is 2.74. The maximum atomic E-state index is 13.6. The monoisotopic (exact) mass is 411 g/mol.